The number of amides is 2. The fourth-order valence-corrected chi connectivity index (χ4v) is 3.73. The molecule has 1 aromatic carbocycles. The largest absolute Gasteiger partial charge is 0.481 e. The van der Waals surface area contributed by atoms with Crippen LogP contribution in [0.4, 0.5) is 23.7 Å². The number of piperidine rings is 1. The fraction of sp³-hybridized carbons (Fsp3) is 0.280. The number of alkyl halides is 3. The number of likely N-dealkylation sites (tertiary alicyclic amines) is 1. The van der Waals surface area contributed by atoms with Crippen molar-refractivity contribution in [1.82, 2.24) is 19.9 Å². The van der Waals surface area contributed by atoms with E-state index < -0.39 is 11.7 Å². The minimum absolute atomic E-state index is 0.126. The number of methoxy groups -OCH3 is 1. The van der Waals surface area contributed by atoms with E-state index in [4.69, 9.17) is 9.47 Å². The summed E-state index contributed by atoms with van der Waals surface area (Å²) in [6, 6.07) is 10.2. The van der Waals surface area contributed by atoms with Crippen molar-refractivity contribution in [3.63, 3.8) is 0 Å². The Labute approximate surface area is 205 Å². The van der Waals surface area contributed by atoms with Gasteiger partial charge in [0.2, 0.25) is 5.88 Å². The maximum atomic E-state index is 12.7. The van der Waals surface area contributed by atoms with Crippen LogP contribution in [-0.2, 0) is 6.18 Å². The van der Waals surface area contributed by atoms with Gasteiger partial charge in [-0.3, -0.25) is 0 Å². The number of pyridine rings is 1. The van der Waals surface area contributed by atoms with Crippen LogP contribution in [0.2, 0.25) is 0 Å². The van der Waals surface area contributed by atoms with E-state index in [0.717, 1.165) is 5.56 Å². The normalized spacial score (nSPS) is 17.1. The van der Waals surface area contributed by atoms with Gasteiger partial charge in [-0.25, -0.2) is 19.7 Å². The monoisotopic (exact) mass is 499 g/mol. The molecule has 1 atom stereocenters. The van der Waals surface area contributed by atoms with Gasteiger partial charge in [-0.2, -0.15) is 13.2 Å². The molecule has 8 nitrogen and oxygen atoms in total. The van der Waals surface area contributed by atoms with Gasteiger partial charge in [0.15, 0.2) is 0 Å². The third kappa shape index (κ3) is 6.29. The Hall–Kier alpha value is -4.15. The van der Waals surface area contributed by atoms with Crippen molar-refractivity contribution in [3.8, 4) is 17.6 Å². The first-order chi connectivity index (χ1) is 17.2. The third-order valence-corrected chi connectivity index (χ3v) is 5.66. The molecule has 1 aliphatic rings. The number of halogens is 3. The van der Waals surface area contributed by atoms with Gasteiger partial charge in [0, 0.05) is 31.5 Å². The van der Waals surface area contributed by atoms with Crippen LogP contribution in [0.15, 0.2) is 60.6 Å². The number of hydrogen-bond donors (Lipinski definition) is 1. The Bertz CT molecular complexity index is 1230. The molecule has 36 heavy (non-hydrogen) atoms. The van der Waals surface area contributed by atoms with Gasteiger partial charge in [0.25, 0.3) is 0 Å². The molecule has 3 aromatic rings. The highest BCUT2D eigenvalue weighted by Gasteiger charge is 2.31. The molecule has 1 N–H and O–H groups in total. The zero-order chi connectivity index (χ0) is 25.7. The summed E-state index contributed by atoms with van der Waals surface area (Å²) < 4.78 is 48.6. The second kappa shape index (κ2) is 10.6. The molecule has 4 rings (SSSR count). The highest BCUT2D eigenvalue weighted by molar-refractivity contribution is 5.89. The summed E-state index contributed by atoms with van der Waals surface area (Å²) in [4.78, 5) is 25.8. The van der Waals surface area contributed by atoms with Crippen LogP contribution in [-0.4, -0.2) is 46.1 Å². The van der Waals surface area contributed by atoms with E-state index >= 15 is 0 Å². The number of ether oxygens (including phenoxy) is 2. The Morgan fingerprint density at radius 3 is 2.56 bits per heavy atom. The summed E-state index contributed by atoms with van der Waals surface area (Å²) >= 11 is 0. The molecule has 2 aromatic heterocycles. The topological polar surface area (TPSA) is 89.5 Å². The lowest BCUT2D eigenvalue weighted by atomic mass is 9.91. The lowest BCUT2D eigenvalue weighted by molar-refractivity contribution is -0.138. The minimum atomic E-state index is -4.51. The summed E-state index contributed by atoms with van der Waals surface area (Å²) in [5, 5.41) is 2.85. The Morgan fingerprint density at radius 1 is 1.14 bits per heavy atom. The van der Waals surface area contributed by atoms with Crippen LogP contribution in [0, 0.1) is 5.92 Å². The molecular weight excluding hydrogens is 475 g/mol. The van der Waals surface area contributed by atoms with Crippen molar-refractivity contribution < 1.29 is 27.4 Å². The first kappa shape index (κ1) is 25.0. The maximum absolute atomic E-state index is 12.7. The van der Waals surface area contributed by atoms with Crippen LogP contribution < -0.4 is 14.8 Å². The number of rotatable bonds is 5. The number of carbonyl (C=O) groups excluding carboxylic acids is 1. The van der Waals surface area contributed by atoms with Crippen LogP contribution >= 0.6 is 0 Å². The zero-order valence-electron chi connectivity index (χ0n) is 19.6. The van der Waals surface area contributed by atoms with Gasteiger partial charge >= 0.3 is 18.2 Å². The highest BCUT2D eigenvalue weighted by atomic mass is 19.4. The van der Waals surface area contributed by atoms with Crippen LogP contribution in [0.5, 0.6) is 17.6 Å². The molecule has 3 heterocycles. The van der Waals surface area contributed by atoms with Crippen molar-refractivity contribution in [1.29, 1.82) is 0 Å². The van der Waals surface area contributed by atoms with E-state index in [0.29, 0.717) is 49.2 Å². The van der Waals surface area contributed by atoms with E-state index in [2.05, 4.69) is 27.2 Å². The van der Waals surface area contributed by atoms with E-state index in [1.54, 1.807) is 41.4 Å². The van der Waals surface area contributed by atoms with Crippen LogP contribution in [0.25, 0.3) is 6.08 Å². The molecule has 1 aliphatic heterocycles. The van der Waals surface area contributed by atoms with Crippen LogP contribution in [0.1, 0.15) is 24.5 Å². The number of carbonyl (C=O) groups is 1. The lowest BCUT2D eigenvalue weighted by Gasteiger charge is -2.33. The van der Waals surface area contributed by atoms with Crippen molar-refractivity contribution in [2.75, 3.05) is 25.5 Å². The van der Waals surface area contributed by atoms with E-state index in [1.807, 2.05) is 12.1 Å². The zero-order valence-corrected chi connectivity index (χ0v) is 19.6. The quantitative estimate of drug-likeness (QED) is 0.488. The lowest BCUT2D eigenvalue weighted by Crippen LogP contribution is -2.42. The van der Waals surface area contributed by atoms with Crippen molar-refractivity contribution in [2.45, 2.75) is 19.5 Å². The number of hydrogen-bond acceptors (Lipinski definition) is 6. The predicted octanol–water partition coefficient (Wildman–Crippen LogP) is 5.65. The number of aromatic nitrogens is 3. The van der Waals surface area contributed by atoms with Gasteiger partial charge in [-0.05, 0) is 36.1 Å². The van der Waals surface area contributed by atoms with Crippen LogP contribution in [0.3, 0.4) is 0 Å². The second-order valence-corrected chi connectivity index (χ2v) is 8.26. The Kier molecular flexibility index (Phi) is 7.37. The summed E-state index contributed by atoms with van der Waals surface area (Å²) in [6.07, 6.45) is 1.14. The number of anilines is 1. The van der Waals surface area contributed by atoms with Crippen molar-refractivity contribution in [3.05, 3.63) is 71.7 Å². The molecule has 0 saturated carbocycles. The van der Waals surface area contributed by atoms with Gasteiger partial charge in [0.1, 0.15) is 5.75 Å². The smallest absolute Gasteiger partial charge is 0.419 e. The number of nitrogens with zero attached hydrogens (tertiary/aromatic N) is 4. The van der Waals surface area contributed by atoms with Crippen molar-refractivity contribution >= 4 is 17.8 Å². The number of urea groups is 1. The van der Waals surface area contributed by atoms with Gasteiger partial charge in [-0.15, -0.1) is 0 Å². The minimum Gasteiger partial charge on any atom is -0.481 e. The third-order valence-electron chi connectivity index (χ3n) is 5.66. The van der Waals surface area contributed by atoms with Gasteiger partial charge < -0.3 is 19.7 Å². The number of benzene rings is 1. The summed E-state index contributed by atoms with van der Waals surface area (Å²) in [5.74, 6) is 0.999. The average molecular weight is 499 g/mol. The fourth-order valence-electron chi connectivity index (χ4n) is 3.73. The Morgan fingerprint density at radius 2 is 1.92 bits per heavy atom. The van der Waals surface area contributed by atoms with E-state index in [1.165, 1.54) is 12.7 Å². The summed E-state index contributed by atoms with van der Waals surface area (Å²) in [5.41, 5.74) is 1.68. The summed E-state index contributed by atoms with van der Waals surface area (Å²) in [7, 11) is 1.53. The van der Waals surface area contributed by atoms with E-state index in [-0.39, 0.29) is 18.0 Å². The first-order valence-electron chi connectivity index (χ1n) is 11.1. The molecule has 0 aliphatic carbocycles. The molecule has 2 amide bonds. The molecule has 1 unspecified atom stereocenters. The predicted molar refractivity (Wildman–Crippen MR) is 127 cm³/mol. The van der Waals surface area contributed by atoms with E-state index in [9.17, 15) is 18.0 Å². The molecule has 0 bridgehead atoms. The highest BCUT2D eigenvalue weighted by Crippen LogP contribution is 2.30. The average Bonchev–Trinajstić information content (AvgIpc) is 2.86. The first-order valence-corrected chi connectivity index (χ1v) is 11.1. The SMILES string of the molecule is COc1ccc(NC(=O)N2CC/C(=C\c3cccc(Oc4ncc(C(F)(F)F)cn4)c3)C(C)C2)cn1. The number of nitrogens with one attached hydrogen (secondary N) is 1. The molecular formula is C25H24F3N5O3. The maximum Gasteiger partial charge on any atom is 0.419 e. The summed E-state index contributed by atoms with van der Waals surface area (Å²) in [6.45, 7) is 3.16. The van der Waals surface area contributed by atoms with Crippen molar-refractivity contribution in [2.24, 2.45) is 5.92 Å². The van der Waals surface area contributed by atoms with Gasteiger partial charge in [-0.1, -0.05) is 30.7 Å². The molecule has 0 spiro atoms. The Balaban J connectivity index is 1.37. The molecule has 0 radical (unpaired) electrons. The molecule has 1 saturated heterocycles. The molecule has 1 fully saturated rings. The molecule has 188 valence electrons. The van der Waals surface area contributed by atoms with Gasteiger partial charge in [0.05, 0.1) is 24.6 Å². The molecule has 11 heteroatoms. The second-order valence-electron chi connectivity index (χ2n) is 8.26. The standard InChI is InChI=1S/C25H24F3N5O3/c1-16-15-33(24(34)32-20-6-7-22(35-2)29-14-20)9-8-18(16)10-17-4-3-5-21(11-17)36-23-30-12-19(13-31-23)25(26,27)28/h3-7,10-14,16H,8-9,15H2,1-2H3,(H,32,34)/b18-10+.